The first-order valence-electron chi connectivity index (χ1n) is 16.3. The largest absolute Gasteiger partial charge is 0.480 e. The molecule has 4 rings (SSSR count). The van der Waals surface area contributed by atoms with Crippen LogP contribution in [0.1, 0.15) is 58.4 Å². The number of nitrogens with zero attached hydrogens (tertiary/aromatic N) is 2. The summed E-state index contributed by atoms with van der Waals surface area (Å²) in [6.45, 7) is 7.72. The molecular formula is C33H49N3O10. The molecule has 1 saturated carbocycles. The van der Waals surface area contributed by atoms with Gasteiger partial charge in [0.15, 0.2) is 0 Å². The SMILES string of the molecule is CC(C)(C)OC(=O)NCC1CCC(C(=O)N2CCN(C(=O)OC3CCOC(COCC(=O)O)[C@H]3OCc3ccccc3)CC2)CC1. The number of nitrogens with one attached hydrogen (secondary N) is 1. The van der Waals surface area contributed by atoms with Crippen molar-refractivity contribution < 1.29 is 48.0 Å². The molecule has 2 saturated heterocycles. The molecule has 1 aliphatic carbocycles. The van der Waals surface area contributed by atoms with Crippen molar-refractivity contribution in [3.8, 4) is 0 Å². The Balaban J connectivity index is 1.23. The Morgan fingerprint density at radius 2 is 1.63 bits per heavy atom. The molecule has 0 radical (unpaired) electrons. The Morgan fingerprint density at radius 3 is 2.28 bits per heavy atom. The first-order chi connectivity index (χ1) is 22.0. The Hall–Kier alpha value is -3.42. The third-order valence-corrected chi connectivity index (χ3v) is 8.49. The van der Waals surface area contributed by atoms with Gasteiger partial charge in [0.25, 0.3) is 0 Å². The molecule has 0 bridgehead atoms. The summed E-state index contributed by atoms with van der Waals surface area (Å²) in [5.41, 5.74) is 0.400. The lowest BCUT2D eigenvalue weighted by molar-refractivity contribution is -0.184. The molecule has 13 heteroatoms. The topological polar surface area (TPSA) is 153 Å². The van der Waals surface area contributed by atoms with Crippen molar-refractivity contribution in [3.05, 3.63) is 35.9 Å². The predicted molar refractivity (Wildman–Crippen MR) is 166 cm³/mol. The van der Waals surface area contributed by atoms with Gasteiger partial charge in [0.2, 0.25) is 5.91 Å². The second kappa shape index (κ2) is 16.9. The van der Waals surface area contributed by atoms with Gasteiger partial charge in [0.05, 0.1) is 19.8 Å². The molecule has 2 heterocycles. The summed E-state index contributed by atoms with van der Waals surface area (Å²) >= 11 is 0. The van der Waals surface area contributed by atoms with E-state index in [9.17, 15) is 19.2 Å². The van der Waals surface area contributed by atoms with Gasteiger partial charge in [-0.3, -0.25) is 4.79 Å². The van der Waals surface area contributed by atoms with Crippen molar-refractivity contribution in [2.24, 2.45) is 11.8 Å². The summed E-state index contributed by atoms with van der Waals surface area (Å²) in [7, 11) is 0. The van der Waals surface area contributed by atoms with Crippen LogP contribution < -0.4 is 5.32 Å². The van der Waals surface area contributed by atoms with Gasteiger partial charge < -0.3 is 43.9 Å². The monoisotopic (exact) mass is 647 g/mol. The Morgan fingerprint density at radius 1 is 0.957 bits per heavy atom. The summed E-state index contributed by atoms with van der Waals surface area (Å²) < 4.78 is 28.6. The lowest BCUT2D eigenvalue weighted by Crippen LogP contribution is -2.55. The molecule has 0 spiro atoms. The van der Waals surface area contributed by atoms with Crippen molar-refractivity contribution in [2.75, 3.05) is 52.5 Å². The number of ether oxygens (including phenoxy) is 5. The van der Waals surface area contributed by atoms with Gasteiger partial charge in [0, 0.05) is 45.1 Å². The van der Waals surface area contributed by atoms with E-state index in [0.717, 1.165) is 31.2 Å². The van der Waals surface area contributed by atoms with E-state index in [2.05, 4.69) is 5.32 Å². The summed E-state index contributed by atoms with van der Waals surface area (Å²) in [6, 6.07) is 9.58. The number of amides is 3. The number of hydrogen-bond donors (Lipinski definition) is 2. The van der Waals surface area contributed by atoms with Gasteiger partial charge in [-0.15, -0.1) is 0 Å². The van der Waals surface area contributed by atoms with Crippen LogP contribution >= 0.6 is 0 Å². The number of piperazine rings is 1. The highest BCUT2D eigenvalue weighted by atomic mass is 16.6. The number of rotatable bonds is 11. The molecule has 3 fully saturated rings. The number of benzene rings is 1. The molecule has 2 unspecified atom stereocenters. The summed E-state index contributed by atoms with van der Waals surface area (Å²) in [5.74, 6) is -0.702. The van der Waals surface area contributed by atoms with Crippen molar-refractivity contribution in [1.29, 1.82) is 0 Å². The van der Waals surface area contributed by atoms with Crippen molar-refractivity contribution >= 4 is 24.1 Å². The Kier molecular flexibility index (Phi) is 13.0. The standard InChI is InChI=1S/C33H49N3O10/c1-33(2,3)46-31(40)34-19-23-9-11-25(12-10-23)30(39)35-14-16-36(17-15-35)32(41)45-26-13-18-43-27(21-42-22-28(37)38)29(26)44-20-24-7-5-4-6-8-24/h4-8,23,25-27,29H,9-22H2,1-3H3,(H,34,40)(H,37,38)/t23?,25?,26?,27?,29-/m0/s1. The van der Waals surface area contributed by atoms with E-state index < -0.39 is 48.7 Å². The lowest BCUT2D eigenvalue weighted by atomic mass is 9.81. The van der Waals surface area contributed by atoms with Crippen LogP contribution in [0.5, 0.6) is 0 Å². The van der Waals surface area contributed by atoms with Crippen LogP contribution in [0.25, 0.3) is 0 Å². The number of carboxylic acids is 1. The van der Waals surface area contributed by atoms with E-state index in [-0.39, 0.29) is 25.0 Å². The zero-order chi connectivity index (χ0) is 33.1. The smallest absolute Gasteiger partial charge is 0.410 e. The Bertz CT molecular complexity index is 1140. The van der Waals surface area contributed by atoms with E-state index in [1.54, 1.807) is 4.90 Å². The average molecular weight is 648 g/mol. The maximum absolute atomic E-state index is 13.3. The molecule has 2 aliphatic heterocycles. The van der Waals surface area contributed by atoms with Gasteiger partial charge in [-0.05, 0) is 57.9 Å². The highest BCUT2D eigenvalue weighted by Gasteiger charge is 2.40. The molecule has 0 aromatic heterocycles. The number of carbonyl (C=O) groups excluding carboxylic acids is 3. The fraction of sp³-hybridized carbons (Fsp3) is 0.697. The molecule has 3 amide bonds. The van der Waals surface area contributed by atoms with Crippen LogP contribution in [-0.2, 0) is 39.9 Å². The molecule has 3 atom stereocenters. The number of carbonyl (C=O) groups is 4. The predicted octanol–water partition coefficient (Wildman–Crippen LogP) is 3.44. The van der Waals surface area contributed by atoms with Crippen LogP contribution in [0.4, 0.5) is 9.59 Å². The van der Waals surface area contributed by atoms with Crippen LogP contribution in [-0.4, -0.2) is 115 Å². The van der Waals surface area contributed by atoms with Gasteiger partial charge >= 0.3 is 18.2 Å². The second-order valence-electron chi connectivity index (χ2n) is 13.2. The normalized spacial score (nSPS) is 25.4. The third-order valence-electron chi connectivity index (χ3n) is 8.49. The molecule has 256 valence electrons. The molecule has 1 aromatic carbocycles. The molecule has 1 aromatic rings. The molecule has 13 nitrogen and oxygen atoms in total. The summed E-state index contributed by atoms with van der Waals surface area (Å²) in [5, 5.41) is 11.8. The first-order valence-corrected chi connectivity index (χ1v) is 16.3. The van der Waals surface area contributed by atoms with Crippen molar-refractivity contribution in [2.45, 2.75) is 83.4 Å². The van der Waals surface area contributed by atoms with E-state index in [1.165, 1.54) is 0 Å². The van der Waals surface area contributed by atoms with Crippen LogP contribution in [0, 0.1) is 11.8 Å². The summed E-state index contributed by atoms with van der Waals surface area (Å²) in [6.07, 6.45) is 0.933. The highest BCUT2D eigenvalue weighted by Crippen LogP contribution is 2.30. The van der Waals surface area contributed by atoms with Crippen molar-refractivity contribution in [1.82, 2.24) is 15.1 Å². The molecular weight excluding hydrogens is 598 g/mol. The highest BCUT2D eigenvalue weighted by molar-refractivity contribution is 5.79. The molecule has 46 heavy (non-hydrogen) atoms. The van der Waals surface area contributed by atoms with Crippen LogP contribution in [0.15, 0.2) is 30.3 Å². The number of hydrogen-bond acceptors (Lipinski definition) is 9. The lowest BCUT2D eigenvalue weighted by Gasteiger charge is -2.40. The fourth-order valence-corrected chi connectivity index (χ4v) is 6.07. The number of alkyl carbamates (subject to hydrolysis) is 1. The molecule has 2 N–H and O–H groups in total. The zero-order valence-electron chi connectivity index (χ0n) is 27.2. The van der Waals surface area contributed by atoms with E-state index in [4.69, 9.17) is 28.8 Å². The average Bonchev–Trinajstić information content (AvgIpc) is 3.03. The van der Waals surface area contributed by atoms with Gasteiger partial charge in [0.1, 0.15) is 30.5 Å². The van der Waals surface area contributed by atoms with Gasteiger partial charge in [-0.2, -0.15) is 0 Å². The number of carboxylic acid groups (broad SMARTS) is 1. The Labute approximate surface area is 270 Å². The second-order valence-corrected chi connectivity index (χ2v) is 13.2. The van der Waals surface area contributed by atoms with E-state index in [1.807, 2.05) is 56.0 Å². The first kappa shape index (κ1) is 35.4. The fourth-order valence-electron chi connectivity index (χ4n) is 6.07. The van der Waals surface area contributed by atoms with E-state index >= 15 is 0 Å². The van der Waals surface area contributed by atoms with Crippen molar-refractivity contribution in [3.63, 3.8) is 0 Å². The molecule has 3 aliphatic rings. The van der Waals surface area contributed by atoms with Gasteiger partial charge in [-0.1, -0.05) is 30.3 Å². The van der Waals surface area contributed by atoms with Gasteiger partial charge in [-0.25, -0.2) is 14.4 Å². The van der Waals surface area contributed by atoms with Crippen LogP contribution in [0.3, 0.4) is 0 Å². The number of aliphatic carboxylic acids is 1. The minimum Gasteiger partial charge on any atom is -0.480 e. The van der Waals surface area contributed by atoms with Crippen LogP contribution in [0.2, 0.25) is 0 Å². The maximum Gasteiger partial charge on any atom is 0.410 e. The maximum atomic E-state index is 13.3. The minimum atomic E-state index is -1.08. The summed E-state index contributed by atoms with van der Waals surface area (Å²) in [4.78, 5) is 52.9. The zero-order valence-corrected chi connectivity index (χ0v) is 27.2. The minimum absolute atomic E-state index is 0.0112. The third kappa shape index (κ3) is 11.1. The van der Waals surface area contributed by atoms with E-state index in [0.29, 0.717) is 51.7 Å². The quantitative estimate of drug-likeness (QED) is 0.365.